The van der Waals surface area contributed by atoms with Crippen molar-refractivity contribution >= 4 is 52.4 Å². The highest BCUT2D eigenvalue weighted by Crippen LogP contribution is 2.26. The van der Waals surface area contributed by atoms with Gasteiger partial charge in [-0.15, -0.1) is 0 Å². The molecule has 0 radical (unpaired) electrons. The zero-order valence-electron chi connectivity index (χ0n) is 15.6. The van der Waals surface area contributed by atoms with Crippen LogP contribution >= 0.6 is 23.4 Å². The number of hydrogen-bond donors (Lipinski definition) is 1. The highest BCUT2D eigenvalue weighted by atomic mass is 35.5. The first-order valence-corrected chi connectivity index (χ1v) is 10.7. The second-order valence-corrected chi connectivity index (χ2v) is 8.22. The quantitative estimate of drug-likeness (QED) is 0.641. The van der Waals surface area contributed by atoms with Crippen LogP contribution in [0, 0.1) is 6.92 Å². The molecule has 1 saturated heterocycles. The Morgan fingerprint density at radius 2 is 2.07 bits per heavy atom. The maximum Gasteiger partial charge on any atom is 0.248 e. The summed E-state index contributed by atoms with van der Waals surface area (Å²) in [7, 11) is 0. The summed E-state index contributed by atoms with van der Waals surface area (Å²) in [5.41, 5.74) is 4.62. The minimum absolute atomic E-state index is 0.205. The molecule has 0 saturated carbocycles. The second kappa shape index (κ2) is 8.29. The fraction of sp³-hybridized carbons (Fsp3) is 0.238. The molecule has 4 rings (SSSR count). The Hall–Kier alpha value is -2.44. The number of fused-ring (bicyclic) bond motifs is 1. The van der Waals surface area contributed by atoms with E-state index in [0.29, 0.717) is 10.8 Å². The van der Waals surface area contributed by atoms with Crippen molar-refractivity contribution in [2.45, 2.75) is 6.92 Å². The predicted molar refractivity (Wildman–Crippen MR) is 119 cm³/mol. The number of rotatable bonds is 4. The molecule has 0 atom stereocenters. The number of anilines is 2. The van der Waals surface area contributed by atoms with E-state index in [1.165, 1.54) is 17.3 Å². The average Bonchev–Trinajstić information content (AvgIpc) is 3.02. The first-order valence-electron chi connectivity index (χ1n) is 9.17. The fourth-order valence-electron chi connectivity index (χ4n) is 3.37. The van der Waals surface area contributed by atoms with Gasteiger partial charge in [-0.05, 0) is 48.9 Å². The van der Waals surface area contributed by atoms with E-state index in [2.05, 4.69) is 28.2 Å². The molecule has 0 bridgehead atoms. The van der Waals surface area contributed by atoms with Crippen LogP contribution in [0.5, 0.6) is 0 Å². The Labute approximate surface area is 173 Å². The molecule has 1 fully saturated rings. The zero-order valence-corrected chi connectivity index (χ0v) is 17.1. The minimum Gasteiger partial charge on any atom is -0.370 e. The Morgan fingerprint density at radius 3 is 2.86 bits per heavy atom. The van der Waals surface area contributed by atoms with Gasteiger partial charge >= 0.3 is 0 Å². The van der Waals surface area contributed by atoms with Gasteiger partial charge in [-0.25, -0.2) is 4.98 Å². The second-order valence-electron chi connectivity index (χ2n) is 6.64. The predicted octanol–water partition coefficient (Wildman–Crippen LogP) is 4.50. The molecule has 2 aromatic heterocycles. The van der Waals surface area contributed by atoms with Crippen molar-refractivity contribution in [3.63, 3.8) is 0 Å². The third-order valence-electron chi connectivity index (χ3n) is 4.73. The smallest absolute Gasteiger partial charge is 0.248 e. The van der Waals surface area contributed by atoms with Crippen LogP contribution in [-0.2, 0) is 4.79 Å². The number of pyridine rings is 1. The van der Waals surface area contributed by atoms with Crippen molar-refractivity contribution in [1.82, 2.24) is 9.38 Å². The van der Waals surface area contributed by atoms with E-state index in [9.17, 15) is 4.79 Å². The molecule has 1 aromatic carbocycles. The van der Waals surface area contributed by atoms with Crippen LogP contribution in [0.2, 0.25) is 5.15 Å². The van der Waals surface area contributed by atoms with Crippen molar-refractivity contribution in [2.24, 2.45) is 0 Å². The average molecular weight is 413 g/mol. The standard InChI is InChI=1S/C21H21ClN4OS/c1-15-14-16(5-6-17(15)25-10-12-28-13-11-25)23-20(27)8-7-18-21(22)24-19-4-2-3-9-26(18)19/h2-9,14H,10-13H2,1H3,(H,23,27). The number of nitrogens with zero attached hydrogens (tertiary/aromatic N) is 3. The van der Waals surface area contributed by atoms with E-state index in [4.69, 9.17) is 11.6 Å². The lowest BCUT2D eigenvalue weighted by atomic mass is 10.1. The van der Waals surface area contributed by atoms with Crippen molar-refractivity contribution < 1.29 is 4.79 Å². The van der Waals surface area contributed by atoms with E-state index < -0.39 is 0 Å². The third kappa shape index (κ3) is 4.03. The Balaban J connectivity index is 1.46. The molecule has 1 aliphatic heterocycles. The van der Waals surface area contributed by atoms with Crippen LogP contribution in [0.1, 0.15) is 11.3 Å². The van der Waals surface area contributed by atoms with Gasteiger partial charge < -0.3 is 10.2 Å². The summed E-state index contributed by atoms with van der Waals surface area (Å²) in [5.74, 6) is 2.12. The van der Waals surface area contributed by atoms with Gasteiger partial charge in [-0.3, -0.25) is 9.20 Å². The summed E-state index contributed by atoms with van der Waals surface area (Å²) in [6, 6.07) is 11.7. The molecular formula is C21H21ClN4OS. The number of hydrogen-bond acceptors (Lipinski definition) is 4. The number of aromatic nitrogens is 2. The SMILES string of the molecule is Cc1cc(NC(=O)C=Cc2c(Cl)nc3ccccn23)ccc1N1CCSCC1. The lowest BCUT2D eigenvalue weighted by molar-refractivity contribution is -0.111. The molecule has 1 aliphatic rings. The highest BCUT2D eigenvalue weighted by molar-refractivity contribution is 7.99. The van der Waals surface area contributed by atoms with Gasteiger partial charge in [0.2, 0.25) is 5.91 Å². The molecule has 3 aromatic rings. The number of imidazole rings is 1. The number of aryl methyl sites for hydroxylation is 1. The normalized spacial score (nSPS) is 14.7. The number of nitrogens with one attached hydrogen (secondary N) is 1. The van der Waals surface area contributed by atoms with E-state index in [0.717, 1.165) is 35.9 Å². The van der Waals surface area contributed by atoms with Crippen LogP contribution in [0.25, 0.3) is 11.7 Å². The topological polar surface area (TPSA) is 49.6 Å². The lowest BCUT2D eigenvalue weighted by Gasteiger charge is -2.30. The van der Waals surface area contributed by atoms with Gasteiger partial charge in [0, 0.05) is 48.2 Å². The summed E-state index contributed by atoms with van der Waals surface area (Å²) < 4.78 is 1.85. The largest absolute Gasteiger partial charge is 0.370 e. The van der Waals surface area contributed by atoms with Crippen LogP contribution in [-0.4, -0.2) is 39.9 Å². The van der Waals surface area contributed by atoms with Crippen LogP contribution in [0.3, 0.4) is 0 Å². The molecule has 0 spiro atoms. The fourth-order valence-corrected chi connectivity index (χ4v) is 4.51. The highest BCUT2D eigenvalue weighted by Gasteiger charge is 2.13. The minimum atomic E-state index is -0.205. The van der Waals surface area contributed by atoms with Crippen LogP contribution in [0.15, 0.2) is 48.7 Å². The molecule has 0 unspecified atom stereocenters. The number of carbonyl (C=O) groups is 1. The first kappa shape index (κ1) is 18.9. The molecule has 28 heavy (non-hydrogen) atoms. The maximum atomic E-state index is 12.4. The van der Waals surface area contributed by atoms with Crippen molar-refractivity contribution in [2.75, 3.05) is 34.8 Å². The number of benzene rings is 1. The summed E-state index contributed by atoms with van der Waals surface area (Å²) in [6.07, 6.45) is 5.03. The molecule has 0 aliphatic carbocycles. The van der Waals surface area contributed by atoms with Crippen LogP contribution in [0.4, 0.5) is 11.4 Å². The molecule has 7 heteroatoms. The van der Waals surface area contributed by atoms with Gasteiger partial charge in [0.25, 0.3) is 0 Å². The summed E-state index contributed by atoms with van der Waals surface area (Å²) in [6.45, 7) is 4.22. The first-order chi connectivity index (χ1) is 13.6. The molecule has 1 N–H and O–H groups in total. The van der Waals surface area contributed by atoms with Crippen molar-refractivity contribution in [3.05, 3.63) is 65.1 Å². The Bertz CT molecular complexity index is 1040. The number of thioether (sulfide) groups is 1. The summed E-state index contributed by atoms with van der Waals surface area (Å²) in [4.78, 5) is 19.1. The van der Waals surface area contributed by atoms with Gasteiger partial charge in [-0.1, -0.05) is 17.7 Å². The molecule has 144 valence electrons. The maximum absolute atomic E-state index is 12.4. The number of halogens is 1. The molecule has 3 heterocycles. The molecule has 5 nitrogen and oxygen atoms in total. The third-order valence-corrected chi connectivity index (χ3v) is 5.95. The zero-order chi connectivity index (χ0) is 19.5. The summed E-state index contributed by atoms with van der Waals surface area (Å²) in [5, 5.41) is 3.29. The number of amides is 1. The molecule has 1 amide bonds. The van der Waals surface area contributed by atoms with E-state index in [1.807, 2.05) is 52.7 Å². The van der Waals surface area contributed by atoms with Gasteiger partial charge in [0.15, 0.2) is 5.15 Å². The van der Waals surface area contributed by atoms with E-state index in [1.54, 1.807) is 6.08 Å². The van der Waals surface area contributed by atoms with Gasteiger partial charge in [0.1, 0.15) is 5.65 Å². The Kier molecular flexibility index (Phi) is 5.59. The number of carbonyl (C=O) groups excluding carboxylic acids is 1. The summed E-state index contributed by atoms with van der Waals surface area (Å²) >= 11 is 8.20. The van der Waals surface area contributed by atoms with E-state index in [-0.39, 0.29) is 5.91 Å². The van der Waals surface area contributed by atoms with Crippen molar-refractivity contribution in [1.29, 1.82) is 0 Å². The Morgan fingerprint density at radius 1 is 1.25 bits per heavy atom. The van der Waals surface area contributed by atoms with Gasteiger partial charge in [0.05, 0.1) is 5.69 Å². The molecular weight excluding hydrogens is 392 g/mol. The van der Waals surface area contributed by atoms with Gasteiger partial charge in [-0.2, -0.15) is 11.8 Å². The van der Waals surface area contributed by atoms with Crippen LogP contribution < -0.4 is 10.2 Å². The monoisotopic (exact) mass is 412 g/mol. The van der Waals surface area contributed by atoms with Crippen molar-refractivity contribution in [3.8, 4) is 0 Å². The lowest BCUT2D eigenvalue weighted by Crippen LogP contribution is -2.32. The van der Waals surface area contributed by atoms with E-state index >= 15 is 0 Å².